The van der Waals surface area contributed by atoms with Gasteiger partial charge in [0, 0.05) is 0 Å². The van der Waals surface area contributed by atoms with Crippen LogP contribution in [0.25, 0.3) is 0 Å². The quantitative estimate of drug-likeness (QED) is 0.517. The van der Waals surface area contributed by atoms with E-state index in [4.69, 9.17) is 8.92 Å². The first-order valence-corrected chi connectivity index (χ1v) is 11.0. The minimum absolute atomic E-state index is 0.0539. The maximum absolute atomic E-state index is 12.4. The van der Waals surface area contributed by atoms with Gasteiger partial charge in [0.25, 0.3) is 0 Å². The molecular weight excluding hydrogens is 418 g/mol. The van der Waals surface area contributed by atoms with Gasteiger partial charge in [0.1, 0.15) is 17.3 Å². The van der Waals surface area contributed by atoms with Crippen molar-refractivity contribution < 1.29 is 27.2 Å². The molecule has 0 bridgehead atoms. The Bertz CT molecular complexity index is 1100. The first-order chi connectivity index (χ1) is 14.9. The second-order valence-corrected chi connectivity index (χ2v) is 8.41. The zero-order valence-corrected chi connectivity index (χ0v) is 17.7. The summed E-state index contributed by atoms with van der Waals surface area (Å²) in [5.41, 5.74) is 2.35. The van der Waals surface area contributed by atoms with Crippen molar-refractivity contribution in [1.82, 2.24) is 5.32 Å². The number of hydrogen-bond donors (Lipinski definition) is 2. The number of amides is 1. The summed E-state index contributed by atoms with van der Waals surface area (Å²) in [6.45, 7) is 1.61. The molecule has 0 aromatic heterocycles. The van der Waals surface area contributed by atoms with E-state index in [9.17, 15) is 18.3 Å². The molecule has 0 aliphatic carbocycles. The first-order valence-electron chi connectivity index (χ1n) is 9.56. The fourth-order valence-corrected chi connectivity index (χ4v) is 3.71. The zero-order valence-electron chi connectivity index (χ0n) is 16.9. The van der Waals surface area contributed by atoms with Crippen LogP contribution in [0, 0.1) is 6.92 Å². The van der Waals surface area contributed by atoms with Crippen molar-refractivity contribution in [3.05, 3.63) is 95.6 Å². The highest BCUT2D eigenvalue weighted by Gasteiger charge is 2.18. The second kappa shape index (κ2) is 10.1. The maximum atomic E-state index is 12.4. The molecule has 0 fully saturated rings. The fraction of sp³-hybridized carbons (Fsp3) is 0.174. The predicted octanol–water partition coefficient (Wildman–Crippen LogP) is 3.72. The average Bonchev–Trinajstić information content (AvgIpc) is 2.77. The highest BCUT2D eigenvalue weighted by molar-refractivity contribution is 7.87. The van der Waals surface area contributed by atoms with Crippen LogP contribution in [0.1, 0.15) is 22.7 Å². The first kappa shape index (κ1) is 22.3. The summed E-state index contributed by atoms with van der Waals surface area (Å²) in [4.78, 5) is 12.1. The minimum Gasteiger partial charge on any atom is -0.445 e. The number of aryl methyl sites for hydroxylation is 1. The van der Waals surface area contributed by atoms with Crippen molar-refractivity contribution in [2.45, 2.75) is 24.5 Å². The van der Waals surface area contributed by atoms with E-state index in [1.165, 1.54) is 24.3 Å². The van der Waals surface area contributed by atoms with Gasteiger partial charge in [-0.2, -0.15) is 8.42 Å². The topological polar surface area (TPSA) is 102 Å². The SMILES string of the molecule is Cc1ccc(S(=O)(=O)Oc2ccc([C@@H](CO)NC(=O)OCc3ccccc3)cc2)cc1. The second-order valence-electron chi connectivity index (χ2n) is 6.86. The summed E-state index contributed by atoms with van der Waals surface area (Å²) in [6, 6.07) is 20.9. The van der Waals surface area contributed by atoms with Crippen molar-refractivity contribution in [3.8, 4) is 5.75 Å². The van der Waals surface area contributed by atoms with Crippen molar-refractivity contribution in [2.75, 3.05) is 6.61 Å². The largest absolute Gasteiger partial charge is 0.445 e. The lowest BCUT2D eigenvalue weighted by molar-refractivity contribution is 0.129. The van der Waals surface area contributed by atoms with Gasteiger partial charge in [0.2, 0.25) is 0 Å². The number of aliphatic hydroxyl groups is 1. The number of carbonyl (C=O) groups excluding carboxylic acids is 1. The maximum Gasteiger partial charge on any atom is 0.408 e. The molecular formula is C23H23NO6S. The molecule has 0 aliphatic rings. The molecule has 2 N–H and O–H groups in total. The van der Waals surface area contributed by atoms with Gasteiger partial charge in [0.15, 0.2) is 0 Å². The Morgan fingerprint density at radius 1 is 0.968 bits per heavy atom. The zero-order chi connectivity index (χ0) is 22.3. The van der Waals surface area contributed by atoms with Gasteiger partial charge in [-0.1, -0.05) is 60.2 Å². The number of ether oxygens (including phenoxy) is 1. The van der Waals surface area contributed by atoms with Crippen LogP contribution in [0.5, 0.6) is 5.75 Å². The van der Waals surface area contributed by atoms with Crippen molar-refractivity contribution in [3.63, 3.8) is 0 Å². The third-order valence-electron chi connectivity index (χ3n) is 4.49. The van der Waals surface area contributed by atoms with Crippen molar-refractivity contribution >= 4 is 16.2 Å². The van der Waals surface area contributed by atoms with E-state index < -0.39 is 22.3 Å². The van der Waals surface area contributed by atoms with Crippen LogP contribution in [-0.2, 0) is 21.5 Å². The monoisotopic (exact) mass is 441 g/mol. The Kier molecular flexibility index (Phi) is 7.28. The van der Waals surface area contributed by atoms with E-state index >= 15 is 0 Å². The molecule has 1 amide bonds. The summed E-state index contributed by atoms with van der Waals surface area (Å²) in [5.74, 6) is 0.118. The van der Waals surface area contributed by atoms with Gasteiger partial charge in [0.05, 0.1) is 12.6 Å². The van der Waals surface area contributed by atoms with Crippen LogP contribution in [-0.4, -0.2) is 26.2 Å². The Labute approximate surface area is 181 Å². The van der Waals surface area contributed by atoms with Gasteiger partial charge < -0.3 is 19.3 Å². The van der Waals surface area contributed by atoms with E-state index in [1.807, 2.05) is 37.3 Å². The molecule has 8 heteroatoms. The number of rotatable bonds is 8. The van der Waals surface area contributed by atoms with Crippen LogP contribution < -0.4 is 9.50 Å². The van der Waals surface area contributed by atoms with Crippen LogP contribution in [0.15, 0.2) is 83.8 Å². The van der Waals surface area contributed by atoms with Crippen LogP contribution >= 0.6 is 0 Å². The molecule has 3 aromatic rings. The Hall–Kier alpha value is -3.36. The molecule has 0 unspecified atom stereocenters. The summed E-state index contributed by atoms with van der Waals surface area (Å²) >= 11 is 0. The molecule has 0 radical (unpaired) electrons. The van der Waals surface area contributed by atoms with Crippen molar-refractivity contribution in [2.24, 2.45) is 0 Å². The smallest absolute Gasteiger partial charge is 0.408 e. The number of benzene rings is 3. The number of aliphatic hydroxyl groups excluding tert-OH is 1. The van der Waals surface area contributed by atoms with E-state index in [-0.39, 0.29) is 23.9 Å². The van der Waals surface area contributed by atoms with E-state index in [1.54, 1.807) is 24.3 Å². The number of hydrogen-bond acceptors (Lipinski definition) is 6. The molecule has 0 spiro atoms. The average molecular weight is 442 g/mol. The van der Waals surface area contributed by atoms with E-state index in [0.29, 0.717) is 5.56 Å². The van der Waals surface area contributed by atoms with Crippen molar-refractivity contribution in [1.29, 1.82) is 0 Å². The fourth-order valence-electron chi connectivity index (χ4n) is 2.78. The lowest BCUT2D eigenvalue weighted by Crippen LogP contribution is -2.31. The lowest BCUT2D eigenvalue weighted by Gasteiger charge is -2.17. The Morgan fingerprint density at radius 3 is 2.23 bits per heavy atom. The molecule has 162 valence electrons. The standard InChI is InChI=1S/C23H23NO6S/c1-17-7-13-21(14-8-17)31(27,28)30-20-11-9-19(10-12-20)22(15-25)24-23(26)29-16-18-5-3-2-4-6-18/h2-14,22,25H,15-16H2,1H3,(H,24,26)/t22-/m1/s1. The van der Waals surface area contributed by atoms with Gasteiger partial charge >= 0.3 is 16.2 Å². The lowest BCUT2D eigenvalue weighted by atomic mass is 10.1. The normalized spacial score (nSPS) is 12.1. The summed E-state index contributed by atoms with van der Waals surface area (Å²) < 4.78 is 35.1. The molecule has 3 aromatic carbocycles. The minimum atomic E-state index is -3.96. The van der Waals surface area contributed by atoms with Gasteiger partial charge in [-0.3, -0.25) is 0 Å². The van der Waals surface area contributed by atoms with Gasteiger partial charge in [-0.05, 0) is 42.3 Å². The third kappa shape index (κ3) is 6.31. The third-order valence-corrected chi connectivity index (χ3v) is 5.75. The van der Waals surface area contributed by atoms with E-state index in [0.717, 1.165) is 11.1 Å². The molecule has 0 heterocycles. The van der Waals surface area contributed by atoms with Gasteiger partial charge in [-0.15, -0.1) is 0 Å². The summed E-state index contributed by atoms with van der Waals surface area (Å²) in [6.07, 6.45) is -0.676. The summed E-state index contributed by atoms with van der Waals surface area (Å²) in [5, 5.41) is 12.2. The molecule has 31 heavy (non-hydrogen) atoms. The molecule has 3 rings (SSSR count). The Balaban J connectivity index is 1.60. The number of nitrogens with one attached hydrogen (secondary N) is 1. The molecule has 7 nitrogen and oxygen atoms in total. The van der Waals surface area contributed by atoms with Crippen LogP contribution in [0.3, 0.4) is 0 Å². The Morgan fingerprint density at radius 2 is 1.61 bits per heavy atom. The molecule has 0 saturated carbocycles. The van der Waals surface area contributed by atoms with Crippen LogP contribution in [0.2, 0.25) is 0 Å². The van der Waals surface area contributed by atoms with E-state index in [2.05, 4.69) is 5.32 Å². The molecule has 0 saturated heterocycles. The number of carbonyl (C=O) groups is 1. The number of alkyl carbamates (subject to hydrolysis) is 1. The highest BCUT2D eigenvalue weighted by atomic mass is 32.2. The highest BCUT2D eigenvalue weighted by Crippen LogP contribution is 2.22. The predicted molar refractivity (Wildman–Crippen MR) is 115 cm³/mol. The molecule has 0 aliphatic heterocycles. The molecule has 1 atom stereocenters. The van der Waals surface area contributed by atoms with Crippen LogP contribution in [0.4, 0.5) is 4.79 Å². The van der Waals surface area contributed by atoms with Gasteiger partial charge in [-0.25, -0.2) is 4.79 Å². The summed E-state index contributed by atoms with van der Waals surface area (Å²) in [7, 11) is -3.96.